The molecular weight excluding hydrogens is 412 g/mol. The molecule has 0 bridgehead atoms. The molecule has 6 heteroatoms. The highest BCUT2D eigenvalue weighted by molar-refractivity contribution is 9.10. The van der Waals surface area contributed by atoms with Crippen LogP contribution in [0.5, 0.6) is 11.5 Å². The Bertz CT molecular complexity index is 882. The van der Waals surface area contributed by atoms with E-state index in [9.17, 15) is 0 Å². The number of nitrogens with one attached hydrogen (secondary N) is 1. The molecule has 1 heterocycles. The number of para-hydroxylation sites is 1. The lowest BCUT2D eigenvalue weighted by Gasteiger charge is -2.15. The average molecular weight is 433 g/mol. The Morgan fingerprint density at radius 2 is 1.92 bits per heavy atom. The van der Waals surface area contributed by atoms with Gasteiger partial charge in [-0.1, -0.05) is 40.2 Å². The minimum atomic E-state index is 0.224. The van der Waals surface area contributed by atoms with Crippen molar-refractivity contribution in [2.24, 2.45) is 0 Å². The number of halogens is 1. The Balaban J connectivity index is 1.74. The zero-order valence-electron chi connectivity index (χ0n) is 15.0. The van der Waals surface area contributed by atoms with Gasteiger partial charge in [-0.25, -0.2) is 4.98 Å². The average Bonchev–Trinajstić information content (AvgIpc) is 3.14. The third-order valence-corrected chi connectivity index (χ3v) is 5.79. The molecule has 1 N–H and O–H groups in total. The first-order valence-electron chi connectivity index (χ1n) is 8.27. The van der Waals surface area contributed by atoms with Crippen molar-refractivity contribution >= 4 is 27.3 Å². The lowest BCUT2D eigenvalue weighted by Crippen LogP contribution is -2.18. The zero-order valence-corrected chi connectivity index (χ0v) is 17.4. The summed E-state index contributed by atoms with van der Waals surface area (Å²) in [5, 5.41) is 6.53. The standard InChI is InChI=1S/C20H21BrN2O2S/c1-13(15-7-4-5-9-17(15)21)22-11-14-12-26-20(23-14)16-8-6-10-18(24-2)19(16)25-3/h4-10,12-13,22H,11H2,1-3H3. The lowest BCUT2D eigenvalue weighted by atomic mass is 10.1. The summed E-state index contributed by atoms with van der Waals surface area (Å²) in [6.45, 7) is 2.85. The number of hydrogen-bond acceptors (Lipinski definition) is 5. The van der Waals surface area contributed by atoms with Crippen LogP contribution in [0.3, 0.4) is 0 Å². The molecule has 0 fully saturated rings. The van der Waals surface area contributed by atoms with E-state index in [-0.39, 0.29) is 6.04 Å². The van der Waals surface area contributed by atoms with Gasteiger partial charge in [-0.15, -0.1) is 11.3 Å². The number of rotatable bonds is 7. The van der Waals surface area contributed by atoms with Crippen molar-refractivity contribution in [1.29, 1.82) is 0 Å². The molecule has 0 aliphatic heterocycles. The summed E-state index contributed by atoms with van der Waals surface area (Å²) in [5.41, 5.74) is 3.19. The fourth-order valence-electron chi connectivity index (χ4n) is 2.76. The van der Waals surface area contributed by atoms with Gasteiger partial charge in [-0.2, -0.15) is 0 Å². The lowest BCUT2D eigenvalue weighted by molar-refractivity contribution is 0.356. The van der Waals surface area contributed by atoms with Crippen LogP contribution in [0.15, 0.2) is 52.3 Å². The normalized spacial score (nSPS) is 12.0. The predicted molar refractivity (Wildman–Crippen MR) is 110 cm³/mol. The van der Waals surface area contributed by atoms with Crippen molar-refractivity contribution in [3.8, 4) is 22.1 Å². The zero-order chi connectivity index (χ0) is 18.5. The molecule has 4 nitrogen and oxygen atoms in total. The first-order chi connectivity index (χ1) is 12.6. The van der Waals surface area contributed by atoms with Crippen molar-refractivity contribution in [3.05, 3.63) is 63.6 Å². The Morgan fingerprint density at radius 1 is 1.12 bits per heavy atom. The molecule has 136 valence electrons. The SMILES string of the molecule is COc1cccc(-c2nc(CNC(C)c3ccccc3Br)cs2)c1OC. The Kier molecular flexibility index (Phi) is 6.29. The smallest absolute Gasteiger partial charge is 0.170 e. The molecule has 0 saturated heterocycles. The van der Waals surface area contributed by atoms with Gasteiger partial charge in [0.2, 0.25) is 0 Å². The van der Waals surface area contributed by atoms with Crippen molar-refractivity contribution in [2.45, 2.75) is 19.5 Å². The van der Waals surface area contributed by atoms with Crippen LogP contribution < -0.4 is 14.8 Å². The Labute approximate surface area is 166 Å². The van der Waals surface area contributed by atoms with Crippen LogP contribution in [0, 0.1) is 0 Å². The molecule has 0 amide bonds. The number of benzene rings is 2. The molecule has 0 aliphatic rings. The largest absolute Gasteiger partial charge is 0.493 e. The molecular formula is C20H21BrN2O2S. The van der Waals surface area contributed by atoms with Crippen LogP contribution in [0.2, 0.25) is 0 Å². The molecule has 1 atom stereocenters. The van der Waals surface area contributed by atoms with Gasteiger partial charge < -0.3 is 14.8 Å². The van der Waals surface area contributed by atoms with Gasteiger partial charge in [0.15, 0.2) is 11.5 Å². The number of aromatic nitrogens is 1. The molecule has 1 aromatic heterocycles. The third kappa shape index (κ3) is 4.09. The second-order valence-electron chi connectivity index (χ2n) is 5.81. The molecule has 1 unspecified atom stereocenters. The van der Waals surface area contributed by atoms with Crippen LogP contribution in [0.25, 0.3) is 10.6 Å². The quantitative estimate of drug-likeness (QED) is 0.539. The van der Waals surface area contributed by atoms with Crippen molar-refractivity contribution in [2.75, 3.05) is 14.2 Å². The fourth-order valence-corrected chi connectivity index (χ4v) is 4.23. The minimum Gasteiger partial charge on any atom is -0.493 e. The van der Waals surface area contributed by atoms with E-state index < -0.39 is 0 Å². The molecule has 3 aromatic rings. The van der Waals surface area contributed by atoms with E-state index in [0.717, 1.165) is 20.7 Å². The van der Waals surface area contributed by atoms with Gasteiger partial charge in [0.05, 0.1) is 25.5 Å². The molecule has 3 rings (SSSR count). The van der Waals surface area contributed by atoms with Gasteiger partial charge in [-0.05, 0) is 30.7 Å². The van der Waals surface area contributed by atoms with Gasteiger partial charge in [-0.3, -0.25) is 0 Å². The van der Waals surface area contributed by atoms with Crippen molar-refractivity contribution < 1.29 is 9.47 Å². The Morgan fingerprint density at radius 3 is 2.65 bits per heavy atom. The van der Waals surface area contributed by atoms with E-state index in [0.29, 0.717) is 18.0 Å². The summed E-state index contributed by atoms with van der Waals surface area (Å²) < 4.78 is 12.0. The fraction of sp³-hybridized carbons (Fsp3) is 0.250. The van der Waals surface area contributed by atoms with E-state index in [4.69, 9.17) is 14.5 Å². The van der Waals surface area contributed by atoms with E-state index in [1.54, 1.807) is 25.6 Å². The summed E-state index contributed by atoms with van der Waals surface area (Å²) in [5.74, 6) is 1.42. The second-order valence-corrected chi connectivity index (χ2v) is 7.52. The Hall–Kier alpha value is -1.89. The molecule has 0 aliphatic carbocycles. The minimum absolute atomic E-state index is 0.224. The monoisotopic (exact) mass is 432 g/mol. The number of methoxy groups -OCH3 is 2. The third-order valence-electron chi connectivity index (χ3n) is 4.15. The summed E-state index contributed by atoms with van der Waals surface area (Å²) in [4.78, 5) is 4.76. The maximum Gasteiger partial charge on any atom is 0.170 e. The number of hydrogen-bond donors (Lipinski definition) is 1. The molecule has 0 saturated carbocycles. The molecule has 26 heavy (non-hydrogen) atoms. The first-order valence-corrected chi connectivity index (χ1v) is 9.95. The van der Waals surface area contributed by atoms with Gasteiger partial charge >= 0.3 is 0 Å². The van der Waals surface area contributed by atoms with Crippen LogP contribution in [0.1, 0.15) is 24.2 Å². The first kappa shape index (κ1) is 18.9. The van der Waals surface area contributed by atoms with E-state index >= 15 is 0 Å². The topological polar surface area (TPSA) is 43.4 Å². The maximum atomic E-state index is 5.52. The predicted octanol–water partition coefficient (Wildman–Crippen LogP) is 5.44. The van der Waals surface area contributed by atoms with Gasteiger partial charge in [0, 0.05) is 22.4 Å². The van der Waals surface area contributed by atoms with Crippen molar-refractivity contribution in [3.63, 3.8) is 0 Å². The van der Waals surface area contributed by atoms with Gasteiger partial charge in [0.1, 0.15) is 5.01 Å². The van der Waals surface area contributed by atoms with E-state index in [1.165, 1.54) is 5.56 Å². The van der Waals surface area contributed by atoms with Crippen molar-refractivity contribution in [1.82, 2.24) is 10.3 Å². The van der Waals surface area contributed by atoms with Crippen LogP contribution in [-0.2, 0) is 6.54 Å². The van der Waals surface area contributed by atoms with Crippen LogP contribution in [-0.4, -0.2) is 19.2 Å². The highest BCUT2D eigenvalue weighted by Crippen LogP contribution is 2.39. The molecule has 0 radical (unpaired) electrons. The molecule has 0 spiro atoms. The van der Waals surface area contributed by atoms with E-state index in [1.807, 2.05) is 30.3 Å². The summed E-state index contributed by atoms with van der Waals surface area (Å²) in [6.07, 6.45) is 0. The second kappa shape index (κ2) is 8.66. The highest BCUT2D eigenvalue weighted by Gasteiger charge is 2.15. The number of ether oxygens (including phenoxy) is 2. The van der Waals surface area contributed by atoms with Crippen LogP contribution in [0.4, 0.5) is 0 Å². The summed E-state index contributed by atoms with van der Waals surface area (Å²) in [6, 6.07) is 14.3. The summed E-state index contributed by atoms with van der Waals surface area (Å²) in [7, 11) is 3.29. The van der Waals surface area contributed by atoms with Crippen LogP contribution >= 0.6 is 27.3 Å². The number of nitrogens with zero attached hydrogens (tertiary/aromatic N) is 1. The maximum absolute atomic E-state index is 5.52. The van der Waals surface area contributed by atoms with Gasteiger partial charge in [0.25, 0.3) is 0 Å². The summed E-state index contributed by atoms with van der Waals surface area (Å²) >= 11 is 5.21. The molecule has 2 aromatic carbocycles. The number of thiazole rings is 1. The highest BCUT2D eigenvalue weighted by atomic mass is 79.9. The van der Waals surface area contributed by atoms with E-state index in [2.05, 4.69) is 45.7 Å².